The molecule has 2 aromatic carbocycles. The molecule has 1 aliphatic rings. The van der Waals surface area contributed by atoms with Crippen LogP contribution in [0.5, 0.6) is 0 Å². The lowest BCUT2D eigenvalue weighted by Crippen LogP contribution is -2.39. The van der Waals surface area contributed by atoms with Gasteiger partial charge in [0.2, 0.25) is 17.7 Å². The second-order valence-corrected chi connectivity index (χ2v) is 8.28. The Kier molecular flexibility index (Phi) is 6.68. The Morgan fingerprint density at radius 3 is 2.43 bits per heavy atom. The highest BCUT2D eigenvalue weighted by molar-refractivity contribution is 6.39. The summed E-state index contributed by atoms with van der Waals surface area (Å²) in [6.45, 7) is 4.07. The molecule has 2 aromatic rings. The van der Waals surface area contributed by atoms with E-state index in [1.165, 1.54) is 4.90 Å². The number of aryl methyl sites for hydroxylation is 1. The first-order valence-corrected chi connectivity index (χ1v) is 10.3. The van der Waals surface area contributed by atoms with Gasteiger partial charge in [0.15, 0.2) is 0 Å². The van der Waals surface area contributed by atoms with Gasteiger partial charge < -0.3 is 15.1 Å². The number of carbonyl (C=O) groups is 3. The fourth-order valence-electron chi connectivity index (χ4n) is 3.54. The number of likely N-dealkylation sites (N-methyl/N-ethyl adjacent to an activating group) is 1. The maximum Gasteiger partial charge on any atom is 0.244 e. The molecule has 158 valence electrons. The van der Waals surface area contributed by atoms with Crippen LogP contribution < -0.4 is 10.2 Å². The molecule has 1 unspecified atom stereocenters. The molecule has 1 saturated heterocycles. The number of benzene rings is 2. The number of hydrogen-bond donors (Lipinski definition) is 1. The summed E-state index contributed by atoms with van der Waals surface area (Å²) in [5.41, 5.74) is 3.23. The number of rotatable bonds is 5. The van der Waals surface area contributed by atoms with E-state index in [1.807, 2.05) is 32.0 Å². The minimum Gasteiger partial charge on any atom is -0.336 e. The largest absolute Gasteiger partial charge is 0.336 e. The predicted molar refractivity (Wildman–Crippen MR) is 119 cm³/mol. The summed E-state index contributed by atoms with van der Waals surface area (Å²) in [7, 11) is 1.54. The van der Waals surface area contributed by atoms with E-state index in [2.05, 4.69) is 5.32 Å². The lowest BCUT2D eigenvalue weighted by Gasteiger charge is -2.22. The van der Waals surface area contributed by atoms with Crippen LogP contribution in [0.25, 0.3) is 0 Å². The van der Waals surface area contributed by atoms with Crippen molar-refractivity contribution in [3.05, 3.63) is 57.6 Å². The second kappa shape index (κ2) is 9.06. The van der Waals surface area contributed by atoms with Gasteiger partial charge in [-0.1, -0.05) is 41.4 Å². The molecule has 1 N–H and O–H groups in total. The van der Waals surface area contributed by atoms with Gasteiger partial charge in [0.1, 0.15) is 0 Å². The van der Waals surface area contributed by atoms with Gasteiger partial charge in [0.25, 0.3) is 0 Å². The van der Waals surface area contributed by atoms with Gasteiger partial charge in [0, 0.05) is 25.7 Å². The molecule has 0 saturated carbocycles. The van der Waals surface area contributed by atoms with Crippen molar-refractivity contribution >= 4 is 52.3 Å². The lowest BCUT2D eigenvalue weighted by atomic mass is 10.1. The normalized spacial score (nSPS) is 16.0. The quantitative estimate of drug-likeness (QED) is 0.750. The third-order valence-electron chi connectivity index (χ3n) is 5.33. The molecule has 0 aromatic heterocycles. The highest BCUT2D eigenvalue weighted by atomic mass is 35.5. The second-order valence-electron chi connectivity index (χ2n) is 7.46. The molecule has 0 aliphatic carbocycles. The molecule has 1 fully saturated rings. The van der Waals surface area contributed by atoms with Crippen LogP contribution in [0.3, 0.4) is 0 Å². The smallest absolute Gasteiger partial charge is 0.244 e. The first-order chi connectivity index (χ1) is 14.2. The number of para-hydroxylation sites is 1. The van der Waals surface area contributed by atoms with Crippen LogP contribution in [0.2, 0.25) is 10.0 Å². The van der Waals surface area contributed by atoms with E-state index in [0.29, 0.717) is 22.3 Å². The SMILES string of the molecule is Cc1cccc(N2CC(C(=O)N(C)CC(=O)Nc3c(Cl)cccc3Cl)CC2=O)c1C. The summed E-state index contributed by atoms with van der Waals surface area (Å²) in [4.78, 5) is 40.8. The first kappa shape index (κ1) is 22.1. The topological polar surface area (TPSA) is 69.7 Å². The molecule has 30 heavy (non-hydrogen) atoms. The van der Waals surface area contributed by atoms with Crippen LogP contribution in [0.4, 0.5) is 11.4 Å². The Balaban J connectivity index is 1.64. The van der Waals surface area contributed by atoms with E-state index in [4.69, 9.17) is 23.2 Å². The maximum absolute atomic E-state index is 12.9. The zero-order valence-corrected chi connectivity index (χ0v) is 18.5. The van der Waals surface area contributed by atoms with E-state index < -0.39 is 11.8 Å². The third-order valence-corrected chi connectivity index (χ3v) is 5.96. The number of nitrogens with zero attached hydrogens (tertiary/aromatic N) is 2. The third kappa shape index (κ3) is 4.60. The molecule has 8 heteroatoms. The van der Waals surface area contributed by atoms with Crippen molar-refractivity contribution in [3.63, 3.8) is 0 Å². The number of amides is 3. The zero-order valence-electron chi connectivity index (χ0n) is 17.0. The van der Waals surface area contributed by atoms with E-state index in [1.54, 1.807) is 30.1 Å². The molecular formula is C22H23Cl2N3O3. The van der Waals surface area contributed by atoms with Crippen molar-refractivity contribution in [2.24, 2.45) is 5.92 Å². The fourth-order valence-corrected chi connectivity index (χ4v) is 4.03. The molecular weight excluding hydrogens is 425 g/mol. The Morgan fingerprint density at radius 1 is 1.13 bits per heavy atom. The van der Waals surface area contributed by atoms with E-state index in [0.717, 1.165) is 16.8 Å². The highest BCUT2D eigenvalue weighted by Gasteiger charge is 2.37. The van der Waals surface area contributed by atoms with Crippen LogP contribution in [0.15, 0.2) is 36.4 Å². The summed E-state index contributed by atoms with van der Waals surface area (Å²) in [6.07, 6.45) is 0.120. The van der Waals surface area contributed by atoms with E-state index in [-0.39, 0.29) is 24.8 Å². The summed E-state index contributed by atoms with van der Waals surface area (Å²) in [6, 6.07) is 10.7. The van der Waals surface area contributed by atoms with Gasteiger partial charge in [-0.3, -0.25) is 14.4 Å². The van der Waals surface area contributed by atoms with E-state index in [9.17, 15) is 14.4 Å². The average molecular weight is 448 g/mol. The van der Waals surface area contributed by atoms with Crippen LogP contribution >= 0.6 is 23.2 Å². The minimum absolute atomic E-state index is 0.0947. The molecule has 1 atom stereocenters. The van der Waals surface area contributed by atoms with Crippen LogP contribution in [-0.4, -0.2) is 42.8 Å². The lowest BCUT2D eigenvalue weighted by molar-refractivity contribution is -0.137. The fraction of sp³-hybridized carbons (Fsp3) is 0.318. The van der Waals surface area contributed by atoms with Crippen LogP contribution in [-0.2, 0) is 14.4 Å². The Bertz CT molecular complexity index is 989. The first-order valence-electron chi connectivity index (χ1n) is 9.54. The van der Waals surface area contributed by atoms with Crippen molar-refractivity contribution in [1.29, 1.82) is 0 Å². The molecule has 0 spiro atoms. The van der Waals surface area contributed by atoms with Crippen molar-refractivity contribution in [2.45, 2.75) is 20.3 Å². The van der Waals surface area contributed by atoms with Crippen molar-refractivity contribution in [2.75, 3.05) is 30.4 Å². The Hall–Kier alpha value is -2.57. The molecule has 1 aliphatic heterocycles. The van der Waals surface area contributed by atoms with Crippen LogP contribution in [0.1, 0.15) is 17.5 Å². The Morgan fingerprint density at radius 2 is 1.77 bits per heavy atom. The average Bonchev–Trinajstić information content (AvgIpc) is 3.07. The number of nitrogens with one attached hydrogen (secondary N) is 1. The monoisotopic (exact) mass is 447 g/mol. The molecule has 3 amide bonds. The summed E-state index contributed by atoms with van der Waals surface area (Å²) in [5.74, 6) is -1.27. The molecule has 0 radical (unpaired) electrons. The van der Waals surface area contributed by atoms with Gasteiger partial charge in [0.05, 0.1) is 28.2 Å². The van der Waals surface area contributed by atoms with Gasteiger partial charge >= 0.3 is 0 Å². The van der Waals surface area contributed by atoms with Gasteiger partial charge in [-0.2, -0.15) is 0 Å². The predicted octanol–water partition coefficient (Wildman–Crippen LogP) is 4.06. The van der Waals surface area contributed by atoms with Crippen molar-refractivity contribution < 1.29 is 14.4 Å². The summed E-state index contributed by atoms with van der Waals surface area (Å²) >= 11 is 12.1. The number of hydrogen-bond acceptors (Lipinski definition) is 3. The Labute approximate surface area is 185 Å². The molecule has 3 rings (SSSR count). The van der Waals surface area contributed by atoms with Gasteiger partial charge in [-0.05, 0) is 43.2 Å². The molecule has 0 bridgehead atoms. The molecule has 1 heterocycles. The van der Waals surface area contributed by atoms with Crippen molar-refractivity contribution in [3.8, 4) is 0 Å². The maximum atomic E-state index is 12.9. The van der Waals surface area contributed by atoms with E-state index >= 15 is 0 Å². The molecule has 6 nitrogen and oxygen atoms in total. The van der Waals surface area contributed by atoms with Crippen molar-refractivity contribution in [1.82, 2.24) is 4.90 Å². The summed E-state index contributed by atoms with van der Waals surface area (Å²) in [5, 5.41) is 3.27. The number of halogens is 2. The van der Waals surface area contributed by atoms with Gasteiger partial charge in [-0.15, -0.1) is 0 Å². The van der Waals surface area contributed by atoms with Crippen LogP contribution in [0, 0.1) is 19.8 Å². The highest BCUT2D eigenvalue weighted by Crippen LogP contribution is 2.31. The summed E-state index contributed by atoms with van der Waals surface area (Å²) < 4.78 is 0. The number of anilines is 2. The standard InChI is InChI=1S/C22H23Cl2N3O3/c1-13-6-4-9-18(14(13)2)27-11-15(10-20(27)29)22(30)26(3)12-19(28)25-21-16(23)7-5-8-17(21)24/h4-9,15H,10-12H2,1-3H3,(H,25,28). The minimum atomic E-state index is -0.501. The zero-order chi connectivity index (χ0) is 22.0. The van der Waals surface area contributed by atoms with Gasteiger partial charge in [-0.25, -0.2) is 0 Å². The number of carbonyl (C=O) groups excluding carboxylic acids is 3.